The third-order valence-electron chi connectivity index (χ3n) is 4.43. The first-order valence-electron chi connectivity index (χ1n) is 8.43. The van der Waals surface area contributed by atoms with E-state index in [0.717, 1.165) is 5.56 Å². The molecule has 0 spiro atoms. The number of carbonyl (C=O) groups is 2. The summed E-state index contributed by atoms with van der Waals surface area (Å²) in [6.45, 7) is 1.57. The number of ether oxygens (including phenoxy) is 1. The van der Waals surface area contributed by atoms with E-state index in [1.807, 2.05) is 30.3 Å². The Morgan fingerprint density at radius 3 is 2.69 bits per heavy atom. The summed E-state index contributed by atoms with van der Waals surface area (Å²) >= 11 is 10.7. The van der Waals surface area contributed by atoms with Crippen molar-refractivity contribution in [3.63, 3.8) is 0 Å². The predicted octanol–water partition coefficient (Wildman–Crippen LogP) is 2.04. The molecule has 0 aromatic heterocycles. The Kier molecular flexibility index (Phi) is 6.42. The molecule has 2 aliphatic heterocycles. The summed E-state index contributed by atoms with van der Waals surface area (Å²) in [6, 6.07) is 8.93. The summed E-state index contributed by atoms with van der Waals surface area (Å²) in [5.41, 5.74) is 0.940. The number of thiocarbonyl (C=S) groups is 1. The van der Waals surface area contributed by atoms with Crippen LogP contribution in [-0.4, -0.2) is 58.2 Å². The molecule has 0 bridgehead atoms. The fourth-order valence-corrected chi connectivity index (χ4v) is 3.50. The molecule has 1 N–H and O–H groups in total. The first-order valence-corrected chi connectivity index (χ1v) is 9.22. The standard InChI is InChI=1S/C17H20ClN3O4S/c18-16(23)21(25-11-12-4-2-1-3-5-12)13-6-7-14(19-10-13)15(22)20-8-9-24-17(20)26/h1-5,13-14,19H,6-11H2/t13-,14+/m1/s1. The van der Waals surface area contributed by atoms with Crippen LogP contribution in [0.25, 0.3) is 0 Å². The van der Waals surface area contributed by atoms with Crippen molar-refractivity contribution in [1.82, 2.24) is 15.3 Å². The van der Waals surface area contributed by atoms with Crippen molar-refractivity contribution in [1.29, 1.82) is 0 Å². The van der Waals surface area contributed by atoms with E-state index < -0.39 is 5.37 Å². The lowest BCUT2D eigenvalue weighted by Gasteiger charge is -2.35. The van der Waals surface area contributed by atoms with Gasteiger partial charge in [-0.3, -0.25) is 19.3 Å². The zero-order valence-electron chi connectivity index (χ0n) is 14.1. The van der Waals surface area contributed by atoms with Crippen LogP contribution in [-0.2, 0) is 21.0 Å². The van der Waals surface area contributed by atoms with Gasteiger partial charge in [-0.15, -0.1) is 0 Å². The van der Waals surface area contributed by atoms with Gasteiger partial charge in [0.2, 0.25) is 5.91 Å². The molecule has 0 saturated carbocycles. The second kappa shape index (κ2) is 8.77. The van der Waals surface area contributed by atoms with Gasteiger partial charge < -0.3 is 10.1 Å². The average molecular weight is 398 g/mol. The van der Waals surface area contributed by atoms with Crippen molar-refractivity contribution in [2.24, 2.45) is 0 Å². The first-order chi connectivity index (χ1) is 12.6. The number of benzene rings is 1. The molecule has 2 amide bonds. The Labute approximate surface area is 162 Å². The number of amides is 2. The van der Waals surface area contributed by atoms with E-state index >= 15 is 0 Å². The summed E-state index contributed by atoms with van der Waals surface area (Å²) in [5.74, 6) is -0.0973. The van der Waals surface area contributed by atoms with Gasteiger partial charge in [-0.05, 0) is 42.2 Å². The summed E-state index contributed by atoms with van der Waals surface area (Å²) in [6.07, 6.45) is 1.15. The smallest absolute Gasteiger partial charge is 0.340 e. The third-order valence-corrected chi connectivity index (χ3v) is 4.94. The molecular weight excluding hydrogens is 378 g/mol. The zero-order chi connectivity index (χ0) is 18.5. The lowest BCUT2D eigenvalue weighted by atomic mass is 9.99. The van der Waals surface area contributed by atoms with Crippen molar-refractivity contribution in [3.8, 4) is 0 Å². The molecule has 0 aliphatic carbocycles. The highest BCUT2D eigenvalue weighted by molar-refractivity contribution is 7.80. The Morgan fingerprint density at radius 1 is 1.35 bits per heavy atom. The number of hydrogen-bond donors (Lipinski definition) is 1. The van der Waals surface area contributed by atoms with Gasteiger partial charge in [0, 0.05) is 6.54 Å². The summed E-state index contributed by atoms with van der Waals surface area (Å²) in [5, 5.41) is 3.90. The zero-order valence-corrected chi connectivity index (χ0v) is 15.7. The van der Waals surface area contributed by atoms with Crippen LogP contribution < -0.4 is 5.32 Å². The Bertz CT molecular complexity index is 667. The largest absolute Gasteiger partial charge is 0.469 e. The molecule has 7 nitrogen and oxygen atoms in total. The molecule has 1 aromatic carbocycles. The Hall–Kier alpha value is -1.74. The predicted molar refractivity (Wildman–Crippen MR) is 99.4 cm³/mol. The molecule has 140 valence electrons. The average Bonchev–Trinajstić information content (AvgIpc) is 3.08. The van der Waals surface area contributed by atoms with Crippen LogP contribution in [0.1, 0.15) is 18.4 Å². The minimum atomic E-state index is -0.674. The normalized spacial score (nSPS) is 22.8. The topological polar surface area (TPSA) is 71.1 Å². The number of hydroxylamine groups is 2. The summed E-state index contributed by atoms with van der Waals surface area (Å²) in [7, 11) is 0. The van der Waals surface area contributed by atoms with Gasteiger partial charge in [0.15, 0.2) is 0 Å². The van der Waals surface area contributed by atoms with Crippen molar-refractivity contribution < 1.29 is 19.2 Å². The van der Waals surface area contributed by atoms with Gasteiger partial charge in [0.1, 0.15) is 13.2 Å². The van der Waals surface area contributed by atoms with Gasteiger partial charge in [0.25, 0.3) is 5.17 Å². The molecule has 2 atom stereocenters. The van der Waals surface area contributed by atoms with E-state index in [-0.39, 0.29) is 29.8 Å². The molecule has 1 aromatic rings. The minimum Gasteiger partial charge on any atom is -0.469 e. The van der Waals surface area contributed by atoms with Crippen molar-refractivity contribution in [2.45, 2.75) is 31.5 Å². The van der Waals surface area contributed by atoms with Crippen LogP contribution in [0.2, 0.25) is 0 Å². The number of hydrogen-bond acceptors (Lipinski definition) is 6. The quantitative estimate of drug-likeness (QED) is 0.355. The maximum atomic E-state index is 12.5. The molecule has 9 heteroatoms. The monoisotopic (exact) mass is 397 g/mol. The third kappa shape index (κ3) is 4.50. The summed E-state index contributed by atoms with van der Waals surface area (Å²) < 4.78 is 5.16. The van der Waals surface area contributed by atoms with Crippen molar-refractivity contribution in [2.75, 3.05) is 19.7 Å². The lowest BCUT2D eigenvalue weighted by molar-refractivity contribution is -0.154. The van der Waals surface area contributed by atoms with E-state index in [1.54, 1.807) is 0 Å². The van der Waals surface area contributed by atoms with Gasteiger partial charge in [-0.25, -0.2) is 5.06 Å². The van der Waals surface area contributed by atoms with Gasteiger partial charge in [-0.2, -0.15) is 0 Å². The number of halogens is 1. The van der Waals surface area contributed by atoms with Crippen molar-refractivity contribution in [3.05, 3.63) is 35.9 Å². The highest BCUT2D eigenvalue weighted by atomic mass is 35.5. The van der Waals surface area contributed by atoms with Gasteiger partial charge in [-0.1, -0.05) is 30.3 Å². The number of carbonyl (C=O) groups excluding carboxylic acids is 2. The second-order valence-corrected chi connectivity index (χ2v) is 6.81. The van der Waals surface area contributed by atoms with Gasteiger partial charge >= 0.3 is 5.37 Å². The molecule has 0 radical (unpaired) electrons. The van der Waals surface area contributed by atoms with Crippen LogP contribution in [0.15, 0.2) is 30.3 Å². The van der Waals surface area contributed by atoms with Crippen LogP contribution in [0.4, 0.5) is 4.79 Å². The fraction of sp³-hybridized carbons (Fsp3) is 0.471. The highest BCUT2D eigenvalue weighted by Crippen LogP contribution is 2.20. The van der Waals surface area contributed by atoms with E-state index in [2.05, 4.69) is 5.32 Å². The van der Waals surface area contributed by atoms with Crippen LogP contribution >= 0.6 is 23.8 Å². The van der Waals surface area contributed by atoms with Crippen LogP contribution in [0.3, 0.4) is 0 Å². The molecular formula is C17H20ClN3O4S. The molecule has 2 aliphatic rings. The van der Waals surface area contributed by atoms with Gasteiger partial charge in [0.05, 0.1) is 18.6 Å². The fourth-order valence-electron chi connectivity index (χ4n) is 3.05. The van der Waals surface area contributed by atoms with E-state index in [0.29, 0.717) is 32.5 Å². The van der Waals surface area contributed by atoms with Crippen molar-refractivity contribution >= 4 is 40.3 Å². The lowest BCUT2D eigenvalue weighted by Crippen LogP contribution is -2.55. The maximum absolute atomic E-state index is 12.5. The van der Waals surface area contributed by atoms with E-state index in [1.165, 1.54) is 9.96 Å². The number of piperidine rings is 1. The first kappa shape index (κ1) is 19.0. The Balaban J connectivity index is 1.53. The molecule has 0 unspecified atom stereocenters. The molecule has 3 rings (SSSR count). The molecule has 2 heterocycles. The molecule has 26 heavy (non-hydrogen) atoms. The highest BCUT2D eigenvalue weighted by Gasteiger charge is 2.36. The van der Waals surface area contributed by atoms with E-state index in [9.17, 15) is 9.59 Å². The minimum absolute atomic E-state index is 0.0973. The number of rotatable bonds is 5. The SMILES string of the molecule is O=C([C@@H]1CC[C@@H](N(OCc2ccccc2)C(=O)Cl)CN1)N1CCOC1=S. The molecule has 2 saturated heterocycles. The maximum Gasteiger partial charge on any atom is 0.340 e. The van der Waals surface area contributed by atoms with E-state index in [4.69, 9.17) is 33.4 Å². The van der Waals surface area contributed by atoms with Crippen LogP contribution in [0, 0.1) is 0 Å². The Morgan fingerprint density at radius 2 is 2.12 bits per heavy atom. The summed E-state index contributed by atoms with van der Waals surface area (Å²) in [4.78, 5) is 31.3. The number of nitrogens with zero attached hydrogens (tertiary/aromatic N) is 2. The molecule has 2 fully saturated rings. The van der Waals surface area contributed by atoms with Crippen LogP contribution in [0.5, 0.6) is 0 Å². The number of nitrogens with one attached hydrogen (secondary N) is 1. The second-order valence-electron chi connectivity index (χ2n) is 6.13.